The SMILES string of the molecule is C=CCC(COCc1ccccc1)OCC(=O)O. The maximum absolute atomic E-state index is 10.4. The number of carbonyl (C=O) groups is 1. The van der Waals surface area contributed by atoms with Gasteiger partial charge in [0, 0.05) is 0 Å². The van der Waals surface area contributed by atoms with Crippen molar-refractivity contribution in [3.8, 4) is 0 Å². The van der Waals surface area contributed by atoms with Gasteiger partial charge in [-0.3, -0.25) is 0 Å². The molecule has 1 aromatic rings. The molecule has 18 heavy (non-hydrogen) atoms. The number of rotatable bonds is 9. The summed E-state index contributed by atoms with van der Waals surface area (Å²) in [5.74, 6) is -0.980. The predicted octanol–water partition coefficient (Wildman–Crippen LogP) is 2.25. The van der Waals surface area contributed by atoms with E-state index in [1.54, 1.807) is 6.08 Å². The van der Waals surface area contributed by atoms with Gasteiger partial charge in [-0.05, 0) is 12.0 Å². The van der Waals surface area contributed by atoms with Gasteiger partial charge in [-0.25, -0.2) is 4.79 Å². The van der Waals surface area contributed by atoms with Crippen molar-refractivity contribution in [2.45, 2.75) is 19.1 Å². The Morgan fingerprint density at radius 1 is 1.39 bits per heavy atom. The van der Waals surface area contributed by atoms with Gasteiger partial charge in [-0.2, -0.15) is 0 Å². The molecule has 0 spiro atoms. The van der Waals surface area contributed by atoms with Crippen LogP contribution < -0.4 is 0 Å². The summed E-state index contributed by atoms with van der Waals surface area (Å²) in [5, 5.41) is 8.54. The summed E-state index contributed by atoms with van der Waals surface area (Å²) >= 11 is 0. The molecule has 1 N–H and O–H groups in total. The summed E-state index contributed by atoms with van der Waals surface area (Å²) in [7, 11) is 0. The van der Waals surface area contributed by atoms with Crippen LogP contribution in [0.4, 0.5) is 0 Å². The second kappa shape index (κ2) is 8.44. The predicted molar refractivity (Wildman–Crippen MR) is 68.3 cm³/mol. The molecule has 0 aromatic heterocycles. The molecule has 1 atom stereocenters. The van der Waals surface area contributed by atoms with Crippen LogP contribution in [-0.4, -0.2) is 30.4 Å². The molecule has 4 heteroatoms. The van der Waals surface area contributed by atoms with Crippen LogP contribution in [0.5, 0.6) is 0 Å². The van der Waals surface area contributed by atoms with Gasteiger partial charge in [0.25, 0.3) is 0 Å². The van der Waals surface area contributed by atoms with Crippen LogP contribution in [0, 0.1) is 0 Å². The largest absolute Gasteiger partial charge is 0.480 e. The Labute approximate surface area is 107 Å². The molecule has 0 aliphatic rings. The molecular weight excluding hydrogens is 232 g/mol. The van der Waals surface area contributed by atoms with E-state index in [0.29, 0.717) is 19.6 Å². The fraction of sp³-hybridized carbons (Fsp3) is 0.357. The minimum Gasteiger partial charge on any atom is -0.480 e. The van der Waals surface area contributed by atoms with Gasteiger partial charge in [-0.15, -0.1) is 6.58 Å². The van der Waals surface area contributed by atoms with Crippen LogP contribution in [0.3, 0.4) is 0 Å². The quantitative estimate of drug-likeness (QED) is 0.683. The number of hydrogen-bond donors (Lipinski definition) is 1. The summed E-state index contributed by atoms with van der Waals surface area (Å²) < 4.78 is 10.7. The molecule has 0 fully saturated rings. The lowest BCUT2D eigenvalue weighted by atomic mass is 10.2. The number of hydrogen-bond acceptors (Lipinski definition) is 3. The van der Waals surface area contributed by atoms with E-state index in [2.05, 4.69) is 6.58 Å². The van der Waals surface area contributed by atoms with Crippen LogP contribution in [0.25, 0.3) is 0 Å². The molecule has 0 saturated heterocycles. The second-order valence-corrected chi connectivity index (χ2v) is 3.85. The number of aliphatic carboxylic acids is 1. The van der Waals surface area contributed by atoms with Crippen LogP contribution in [0.2, 0.25) is 0 Å². The highest BCUT2D eigenvalue weighted by Gasteiger charge is 2.09. The molecule has 0 bridgehead atoms. The third-order valence-corrected chi connectivity index (χ3v) is 2.29. The molecular formula is C14H18O4. The highest BCUT2D eigenvalue weighted by Crippen LogP contribution is 2.05. The average molecular weight is 250 g/mol. The summed E-state index contributed by atoms with van der Waals surface area (Å²) in [5.41, 5.74) is 1.08. The third kappa shape index (κ3) is 6.18. The fourth-order valence-electron chi connectivity index (χ4n) is 1.44. The van der Waals surface area contributed by atoms with Crippen molar-refractivity contribution in [3.63, 3.8) is 0 Å². The topological polar surface area (TPSA) is 55.8 Å². The van der Waals surface area contributed by atoms with Crippen molar-refractivity contribution in [1.29, 1.82) is 0 Å². The first kappa shape index (κ1) is 14.4. The zero-order chi connectivity index (χ0) is 13.2. The lowest BCUT2D eigenvalue weighted by Gasteiger charge is -2.15. The van der Waals surface area contributed by atoms with Crippen molar-refractivity contribution in [2.75, 3.05) is 13.2 Å². The Kier molecular flexibility index (Phi) is 6.76. The third-order valence-electron chi connectivity index (χ3n) is 2.29. The number of ether oxygens (including phenoxy) is 2. The van der Waals surface area contributed by atoms with Gasteiger partial charge < -0.3 is 14.6 Å². The first-order chi connectivity index (χ1) is 8.72. The highest BCUT2D eigenvalue weighted by molar-refractivity contribution is 5.68. The Bertz CT molecular complexity index is 361. The van der Waals surface area contributed by atoms with E-state index < -0.39 is 5.97 Å². The summed E-state index contributed by atoms with van der Waals surface area (Å²) in [6, 6.07) is 9.78. The monoisotopic (exact) mass is 250 g/mol. The van der Waals surface area contributed by atoms with E-state index in [1.807, 2.05) is 30.3 Å². The summed E-state index contributed by atoms with van der Waals surface area (Å²) in [6.45, 7) is 4.14. The first-order valence-electron chi connectivity index (χ1n) is 5.78. The van der Waals surface area contributed by atoms with E-state index in [0.717, 1.165) is 5.56 Å². The van der Waals surface area contributed by atoms with Gasteiger partial charge in [0.05, 0.1) is 19.3 Å². The molecule has 1 rings (SSSR count). The molecule has 0 amide bonds. The smallest absolute Gasteiger partial charge is 0.329 e. The van der Waals surface area contributed by atoms with Crippen LogP contribution in [-0.2, 0) is 20.9 Å². The van der Waals surface area contributed by atoms with Crippen LogP contribution >= 0.6 is 0 Å². The van der Waals surface area contributed by atoms with Crippen molar-refractivity contribution >= 4 is 5.97 Å². The van der Waals surface area contributed by atoms with Crippen molar-refractivity contribution in [1.82, 2.24) is 0 Å². The van der Waals surface area contributed by atoms with Gasteiger partial charge in [0.15, 0.2) is 0 Å². The standard InChI is InChI=1S/C14H18O4/c1-2-6-13(18-11-14(15)16)10-17-9-12-7-4-3-5-8-12/h2-5,7-8,13H,1,6,9-11H2,(H,15,16). The molecule has 0 saturated carbocycles. The van der Waals surface area contributed by atoms with Gasteiger partial charge >= 0.3 is 5.97 Å². The molecule has 0 heterocycles. The van der Waals surface area contributed by atoms with Crippen molar-refractivity contribution in [3.05, 3.63) is 48.6 Å². The van der Waals surface area contributed by atoms with E-state index in [9.17, 15) is 4.79 Å². The second-order valence-electron chi connectivity index (χ2n) is 3.85. The van der Waals surface area contributed by atoms with E-state index in [4.69, 9.17) is 14.6 Å². The van der Waals surface area contributed by atoms with E-state index in [-0.39, 0.29) is 12.7 Å². The minimum absolute atomic E-state index is 0.262. The maximum atomic E-state index is 10.4. The molecule has 1 aromatic carbocycles. The number of carboxylic acids is 1. The Morgan fingerprint density at radius 2 is 2.11 bits per heavy atom. The summed E-state index contributed by atoms with van der Waals surface area (Å²) in [6.07, 6.45) is 2.00. The fourth-order valence-corrected chi connectivity index (χ4v) is 1.44. The van der Waals surface area contributed by atoms with Gasteiger partial charge in [-0.1, -0.05) is 36.4 Å². The lowest BCUT2D eigenvalue weighted by Crippen LogP contribution is -2.22. The zero-order valence-corrected chi connectivity index (χ0v) is 10.2. The average Bonchev–Trinajstić information content (AvgIpc) is 2.37. The Hall–Kier alpha value is -1.65. The molecule has 0 aliphatic carbocycles. The number of benzene rings is 1. The van der Waals surface area contributed by atoms with Crippen molar-refractivity contribution < 1.29 is 19.4 Å². The Balaban J connectivity index is 2.28. The minimum atomic E-state index is -0.980. The molecule has 0 aliphatic heterocycles. The molecule has 1 unspecified atom stereocenters. The Morgan fingerprint density at radius 3 is 2.72 bits per heavy atom. The van der Waals surface area contributed by atoms with Crippen LogP contribution in [0.1, 0.15) is 12.0 Å². The lowest BCUT2D eigenvalue weighted by molar-refractivity contribution is -0.145. The normalized spacial score (nSPS) is 12.0. The van der Waals surface area contributed by atoms with Crippen molar-refractivity contribution in [2.24, 2.45) is 0 Å². The van der Waals surface area contributed by atoms with E-state index in [1.165, 1.54) is 0 Å². The zero-order valence-electron chi connectivity index (χ0n) is 10.2. The van der Waals surface area contributed by atoms with Crippen LogP contribution in [0.15, 0.2) is 43.0 Å². The van der Waals surface area contributed by atoms with Gasteiger partial charge in [0.2, 0.25) is 0 Å². The molecule has 0 radical (unpaired) electrons. The van der Waals surface area contributed by atoms with E-state index >= 15 is 0 Å². The highest BCUT2D eigenvalue weighted by atomic mass is 16.5. The number of carboxylic acid groups (broad SMARTS) is 1. The maximum Gasteiger partial charge on any atom is 0.329 e. The summed E-state index contributed by atoms with van der Waals surface area (Å²) in [4.78, 5) is 10.4. The molecule has 98 valence electrons. The molecule has 4 nitrogen and oxygen atoms in total. The van der Waals surface area contributed by atoms with Gasteiger partial charge in [0.1, 0.15) is 6.61 Å². The first-order valence-corrected chi connectivity index (χ1v) is 5.78.